The fraction of sp³-hybridized carbons (Fsp3) is 0.364. The number of nitrogens with zero attached hydrogens (tertiary/aromatic N) is 1. The minimum Gasteiger partial charge on any atom is -0.356 e. The van der Waals surface area contributed by atoms with Gasteiger partial charge in [0.1, 0.15) is 0 Å². The summed E-state index contributed by atoms with van der Waals surface area (Å²) in [5.74, 6) is 1.35. The van der Waals surface area contributed by atoms with Gasteiger partial charge in [-0.15, -0.1) is 0 Å². The molecule has 0 aromatic heterocycles. The predicted molar refractivity (Wildman–Crippen MR) is 111 cm³/mol. The molecule has 27 heavy (non-hydrogen) atoms. The van der Waals surface area contributed by atoms with E-state index in [2.05, 4.69) is 65.1 Å². The summed E-state index contributed by atoms with van der Waals surface area (Å²) >= 11 is 0. The molecular formula is C22H28N4O. The van der Waals surface area contributed by atoms with Gasteiger partial charge in [-0.05, 0) is 30.0 Å². The van der Waals surface area contributed by atoms with E-state index in [4.69, 9.17) is 0 Å². The average Bonchev–Trinajstić information content (AvgIpc) is 2.68. The Balaban J connectivity index is 1.55. The van der Waals surface area contributed by atoms with Gasteiger partial charge in [0.15, 0.2) is 5.96 Å². The molecule has 1 aliphatic heterocycles. The van der Waals surface area contributed by atoms with Crippen molar-refractivity contribution in [2.45, 2.75) is 32.1 Å². The molecule has 3 rings (SSSR count). The number of carbonyl (C=O) groups excluding carboxylic acids is 1. The smallest absolute Gasteiger partial charge is 0.225 e. The van der Waals surface area contributed by atoms with Crippen molar-refractivity contribution in [3.8, 4) is 0 Å². The lowest BCUT2D eigenvalue weighted by molar-refractivity contribution is -0.116. The Kier molecular flexibility index (Phi) is 6.12. The van der Waals surface area contributed by atoms with Gasteiger partial charge in [-0.1, -0.05) is 55.0 Å². The predicted octanol–water partition coefficient (Wildman–Crippen LogP) is 3.39. The standard InChI is InChI=1S/C22H28N4O/c1-15-8-10-17(11-9-15)16(2)13-24-22(23-3)25-14-18-12-21(27)26-20-7-5-4-6-19(18)20/h4-11,16,18H,12-14H2,1-3H3,(H,26,27)(H2,23,24,25). The first-order chi connectivity index (χ1) is 13.1. The maximum absolute atomic E-state index is 12.0. The van der Waals surface area contributed by atoms with Crippen LogP contribution < -0.4 is 16.0 Å². The van der Waals surface area contributed by atoms with E-state index in [1.165, 1.54) is 16.7 Å². The van der Waals surface area contributed by atoms with Crippen LogP contribution in [0.5, 0.6) is 0 Å². The molecule has 1 heterocycles. The lowest BCUT2D eigenvalue weighted by atomic mass is 9.90. The molecule has 0 aliphatic carbocycles. The summed E-state index contributed by atoms with van der Waals surface area (Å²) in [7, 11) is 1.77. The first-order valence-corrected chi connectivity index (χ1v) is 9.46. The van der Waals surface area contributed by atoms with Crippen molar-refractivity contribution in [1.29, 1.82) is 0 Å². The van der Waals surface area contributed by atoms with Crippen LogP contribution in [-0.4, -0.2) is 32.0 Å². The number of rotatable bonds is 5. The van der Waals surface area contributed by atoms with Crippen LogP contribution in [0.2, 0.25) is 0 Å². The molecule has 0 bridgehead atoms. The molecule has 5 heteroatoms. The summed E-state index contributed by atoms with van der Waals surface area (Å²) in [6.07, 6.45) is 0.487. The van der Waals surface area contributed by atoms with Crippen molar-refractivity contribution in [2.75, 3.05) is 25.5 Å². The fourth-order valence-electron chi connectivity index (χ4n) is 3.39. The minimum absolute atomic E-state index is 0.0661. The van der Waals surface area contributed by atoms with Crippen molar-refractivity contribution in [3.05, 3.63) is 65.2 Å². The Hall–Kier alpha value is -2.82. The maximum atomic E-state index is 12.0. The molecule has 1 aliphatic rings. The van der Waals surface area contributed by atoms with E-state index < -0.39 is 0 Å². The largest absolute Gasteiger partial charge is 0.356 e. The molecule has 0 fully saturated rings. The van der Waals surface area contributed by atoms with Crippen LogP contribution in [0.25, 0.3) is 0 Å². The number of aliphatic imine (C=N–C) groups is 1. The number of hydrogen-bond donors (Lipinski definition) is 3. The van der Waals surface area contributed by atoms with Gasteiger partial charge >= 0.3 is 0 Å². The van der Waals surface area contributed by atoms with Gasteiger partial charge < -0.3 is 16.0 Å². The van der Waals surface area contributed by atoms with Gasteiger partial charge in [-0.3, -0.25) is 9.79 Å². The molecule has 3 N–H and O–H groups in total. The second-order valence-corrected chi connectivity index (χ2v) is 7.18. The van der Waals surface area contributed by atoms with E-state index in [1.54, 1.807) is 7.05 Å². The van der Waals surface area contributed by atoms with Crippen molar-refractivity contribution < 1.29 is 4.79 Å². The third kappa shape index (κ3) is 4.88. The van der Waals surface area contributed by atoms with Crippen LogP contribution in [0.4, 0.5) is 5.69 Å². The molecule has 2 aromatic rings. The molecule has 142 valence electrons. The van der Waals surface area contributed by atoms with E-state index in [0.29, 0.717) is 18.9 Å². The highest BCUT2D eigenvalue weighted by molar-refractivity contribution is 5.94. The highest BCUT2D eigenvalue weighted by Gasteiger charge is 2.24. The third-order valence-electron chi connectivity index (χ3n) is 5.07. The van der Waals surface area contributed by atoms with Crippen LogP contribution in [0.3, 0.4) is 0 Å². The lowest BCUT2D eigenvalue weighted by Crippen LogP contribution is -2.41. The van der Waals surface area contributed by atoms with Gasteiger partial charge in [0.25, 0.3) is 0 Å². The van der Waals surface area contributed by atoms with Crippen LogP contribution in [0.15, 0.2) is 53.5 Å². The zero-order valence-corrected chi connectivity index (χ0v) is 16.3. The third-order valence-corrected chi connectivity index (χ3v) is 5.07. The van der Waals surface area contributed by atoms with Crippen LogP contribution in [0, 0.1) is 6.92 Å². The first kappa shape index (κ1) is 19.0. The number of benzene rings is 2. The number of anilines is 1. The summed E-state index contributed by atoms with van der Waals surface area (Å²) in [5, 5.41) is 9.71. The van der Waals surface area contributed by atoms with Gasteiger partial charge in [0.2, 0.25) is 5.91 Å². The molecule has 2 aromatic carbocycles. The van der Waals surface area contributed by atoms with Gasteiger partial charge in [-0.2, -0.15) is 0 Å². The monoisotopic (exact) mass is 364 g/mol. The van der Waals surface area contributed by atoms with E-state index >= 15 is 0 Å². The van der Waals surface area contributed by atoms with Crippen molar-refractivity contribution in [2.24, 2.45) is 4.99 Å². The quantitative estimate of drug-likeness (QED) is 0.563. The Bertz CT molecular complexity index is 813. The van der Waals surface area contributed by atoms with Crippen molar-refractivity contribution in [3.63, 3.8) is 0 Å². The van der Waals surface area contributed by atoms with Crippen molar-refractivity contribution >= 4 is 17.6 Å². The van der Waals surface area contributed by atoms with E-state index in [-0.39, 0.29) is 11.8 Å². The Labute approximate surface area is 161 Å². The molecule has 0 saturated heterocycles. The van der Waals surface area contributed by atoms with Crippen LogP contribution in [-0.2, 0) is 4.79 Å². The van der Waals surface area contributed by atoms with Crippen LogP contribution >= 0.6 is 0 Å². The van der Waals surface area contributed by atoms with Crippen LogP contribution in [0.1, 0.15) is 41.9 Å². The minimum atomic E-state index is 0.0661. The summed E-state index contributed by atoms with van der Waals surface area (Å²) in [6.45, 7) is 5.77. The molecule has 1 amide bonds. The maximum Gasteiger partial charge on any atom is 0.225 e. The Morgan fingerprint density at radius 2 is 1.93 bits per heavy atom. The number of aryl methyl sites for hydroxylation is 1. The van der Waals surface area contributed by atoms with Gasteiger partial charge in [-0.25, -0.2) is 0 Å². The second kappa shape index (κ2) is 8.71. The Morgan fingerprint density at radius 3 is 2.67 bits per heavy atom. The fourth-order valence-corrected chi connectivity index (χ4v) is 3.39. The molecule has 5 nitrogen and oxygen atoms in total. The van der Waals surface area contributed by atoms with Gasteiger partial charge in [0.05, 0.1) is 0 Å². The average molecular weight is 364 g/mol. The van der Waals surface area contributed by atoms with E-state index in [9.17, 15) is 4.79 Å². The number of para-hydroxylation sites is 1. The zero-order valence-electron chi connectivity index (χ0n) is 16.3. The normalized spacial score (nSPS) is 17.7. The zero-order chi connectivity index (χ0) is 19.2. The number of guanidine groups is 1. The summed E-state index contributed by atoms with van der Waals surface area (Å²) < 4.78 is 0. The molecule has 0 spiro atoms. The van der Waals surface area contributed by atoms with E-state index in [0.717, 1.165) is 18.2 Å². The van der Waals surface area contributed by atoms with E-state index in [1.807, 2.05) is 18.2 Å². The summed E-state index contributed by atoms with van der Waals surface area (Å²) in [5.41, 5.74) is 4.67. The number of carbonyl (C=O) groups is 1. The summed E-state index contributed by atoms with van der Waals surface area (Å²) in [4.78, 5) is 16.3. The first-order valence-electron chi connectivity index (χ1n) is 9.46. The highest BCUT2D eigenvalue weighted by Crippen LogP contribution is 2.31. The topological polar surface area (TPSA) is 65.5 Å². The Morgan fingerprint density at radius 1 is 1.19 bits per heavy atom. The number of nitrogens with one attached hydrogen (secondary N) is 3. The van der Waals surface area contributed by atoms with Crippen molar-refractivity contribution in [1.82, 2.24) is 10.6 Å². The summed E-state index contributed by atoms with van der Waals surface area (Å²) in [6, 6.07) is 16.6. The number of hydrogen-bond acceptors (Lipinski definition) is 2. The molecule has 0 saturated carbocycles. The highest BCUT2D eigenvalue weighted by atomic mass is 16.1. The molecular weight excluding hydrogens is 336 g/mol. The molecule has 0 radical (unpaired) electrons. The van der Waals surface area contributed by atoms with Gasteiger partial charge in [0, 0.05) is 38.2 Å². The second-order valence-electron chi connectivity index (χ2n) is 7.18. The molecule has 2 atom stereocenters. The number of amides is 1. The molecule has 2 unspecified atom stereocenters. The lowest BCUT2D eigenvalue weighted by Gasteiger charge is -2.26. The SMILES string of the molecule is CN=C(NCC(C)c1ccc(C)cc1)NCC1CC(=O)Nc2ccccc21. The number of fused-ring (bicyclic) bond motifs is 1.